The topological polar surface area (TPSA) is 109 Å². The van der Waals surface area contributed by atoms with Crippen LogP contribution in [0.3, 0.4) is 0 Å². The first kappa shape index (κ1) is 20.6. The van der Waals surface area contributed by atoms with Gasteiger partial charge in [0.05, 0.1) is 12.5 Å². The molecule has 2 amide bonds. The summed E-state index contributed by atoms with van der Waals surface area (Å²) in [5, 5.41) is 12.9. The lowest BCUT2D eigenvalue weighted by molar-refractivity contribution is -0.123. The van der Waals surface area contributed by atoms with Crippen LogP contribution in [-0.4, -0.2) is 47.1 Å². The second-order valence-electron chi connectivity index (χ2n) is 6.87. The molecular weight excluding hydrogens is 358 g/mol. The van der Waals surface area contributed by atoms with Gasteiger partial charge in [0.2, 0.25) is 17.7 Å². The number of hydrogen-bond acceptors (Lipinski definition) is 6. The molecule has 0 spiro atoms. The molecule has 0 bridgehead atoms. The summed E-state index contributed by atoms with van der Waals surface area (Å²) in [7, 11) is 0. The molecule has 1 saturated carbocycles. The zero-order chi connectivity index (χ0) is 17.5. The predicted octanol–water partition coefficient (Wildman–Crippen LogP) is 0.893. The third kappa shape index (κ3) is 6.25. The molecule has 1 unspecified atom stereocenters. The Morgan fingerprint density at radius 3 is 2.69 bits per heavy atom. The number of halogens is 1. The summed E-state index contributed by atoms with van der Waals surface area (Å²) in [4.78, 5) is 28.2. The second kappa shape index (κ2) is 10.5. The Kier molecular flexibility index (Phi) is 8.31. The number of rotatable bonds is 7. The molecule has 0 radical (unpaired) electrons. The van der Waals surface area contributed by atoms with Crippen molar-refractivity contribution < 1.29 is 14.1 Å². The van der Waals surface area contributed by atoms with Crippen LogP contribution in [0.5, 0.6) is 0 Å². The number of hydrogen-bond donors (Lipinski definition) is 3. The molecule has 2 aliphatic rings. The highest BCUT2D eigenvalue weighted by Gasteiger charge is 2.21. The van der Waals surface area contributed by atoms with Crippen molar-refractivity contribution in [2.45, 2.75) is 69.9 Å². The maximum Gasteiger partial charge on any atom is 0.237 e. The minimum Gasteiger partial charge on any atom is -0.354 e. The number of aromatic nitrogens is 2. The van der Waals surface area contributed by atoms with Crippen LogP contribution in [0.15, 0.2) is 4.52 Å². The van der Waals surface area contributed by atoms with Gasteiger partial charge in [-0.1, -0.05) is 24.4 Å². The van der Waals surface area contributed by atoms with Crippen LogP contribution >= 0.6 is 12.4 Å². The Morgan fingerprint density at radius 2 is 1.96 bits per heavy atom. The SMILES string of the molecule is Cl.O=C(Cc1noc(CCNC(=O)C2CCCN2)n1)NC1CCCCC1. The fourth-order valence-electron chi connectivity index (χ4n) is 3.46. The molecule has 1 aromatic rings. The third-order valence-corrected chi connectivity index (χ3v) is 4.81. The van der Waals surface area contributed by atoms with Crippen molar-refractivity contribution in [3.05, 3.63) is 11.7 Å². The predicted molar refractivity (Wildman–Crippen MR) is 98.0 cm³/mol. The first-order valence-electron chi connectivity index (χ1n) is 9.32. The molecule has 2 heterocycles. The minimum absolute atomic E-state index is 0. The van der Waals surface area contributed by atoms with Crippen LogP contribution in [0.25, 0.3) is 0 Å². The lowest BCUT2D eigenvalue weighted by Gasteiger charge is -2.22. The van der Waals surface area contributed by atoms with E-state index in [-0.39, 0.29) is 42.7 Å². The molecule has 26 heavy (non-hydrogen) atoms. The van der Waals surface area contributed by atoms with E-state index in [0.29, 0.717) is 24.7 Å². The average molecular weight is 386 g/mol. The monoisotopic (exact) mass is 385 g/mol. The molecule has 146 valence electrons. The van der Waals surface area contributed by atoms with Crippen molar-refractivity contribution in [3.8, 4) is 0 Å². The molecule has 8 nitrogen and oxygen atoms in total. The zero-order valence-electron chi connectivity index (χ0n) is 15.0. The van der Waals surface area contributed by atoms with Crippen molar-refractivity contribution in [2.75, 3.05) is 13.1 Å². The van der Waals surface area contributed by atoms with Crippen molar-refractivity contribution in [2.24, 2.45) is 0 Å². The van der Waals surface area contributed by atoms with Crippen LogP contribution in [0.2, 0.25) is 0 Å². The van der Waals surface area contributed by atoms with Crippen LogP contribution in [0.4, 0.5) is 0 Å². The molecule has 1 aromatic heterocycles. The van der Waals surface area contributed by atoms with E-state index < -0.39 is 0 Å². The number of carbonyl (C=O) groups excluding carboxylic acids is 2. The van der Waals surface area contributed by atoms with Crippen LogP contribution in [-0.2, 0) is 22.4 Å². The number of carbonyl (C=O) groups is 2. The molecule has 0 aromatic carbocycles. The molecule has 1 aliphatic heterocycles. The van der Waals surface area contributed by atoms with E-state index >= 15 is 0 Å². The standard InChI is InChI=1S/C17H27N5O3.ClH/c23-15(20-12-5-2-1-3-6-12)11-14-21-16(25-22-14)8-10-19-17(24)13-7-4-9-18-13;/h12-13,18H,1-11H2,(H,19,24)(H,20,23);1H. The molecule has 9 heteroatoms. The van der Waals surface area contributed by atoms with E-state index in [2.05, 4.69) is 26.1 Å². The van der Waals surface area contributed by atoms with Gasteiger partial charge in [0.15, 0.2) is 5.82 Å². The normalized spacial score (nSPS) is 20.4. The first-order valence-corrected chi connectivity index (χ1v) is 9.32. The van der Waals surface area contributed by atoms with Gasteiger partial charge in [-0.25, -0.2) is 0 Å². The fraction of sp³-hybridized carbons (Fsp3) is 0.765. The summed E-state index contributed by atoms with van der Waals surface area (Å²) in [5.74, 6) is 0.802. The van der Waals surface area contributed by atoms with Gasteiger partial charge in [-0.05, 0) is 32.2 Å². The maximum absolute atomic E-state index is 12.0. The molecule has 3 rings (SSSR count). The van der Waals surface area contributed by atoms with Gasteiger partial charge in [0, 0.05) is 19.0 Å². The summed E-state index contributed by atoms with van der Waals surface area (Å²) in [5.41, 5.74) is 0. The highest BCUT2D eigenvalue weighted by Crippen LogP contribution is 2.17. The van der Waals surface area contributed by atoms with Crippen molar-refractivity contribution in [1.29, 1.82) is 0 Å². The van der Waals surface area contributed by atoms with Crippen molar-refractivity contribution >= 4 is 24.2 Å². The minimum atomic E-state index is -0.0817. The van der Waals surface area contributed by atoms with E-state index in [9.17, 15) is 9.59 Å². The maximum atomic E-state index is 12.0. The molecular formula is C17H28ClN5O3. The summed E-state index contributed by atoms with van der Waals surface area (Å²) in [6.45, 7) is 1.35. The first-order chi connectivity index (χ1) is 12.2. The Morgan fingerprint density at radius 1 is 1.15 bits per heavy atom. The highest BCUT2D eigenvalue weighted by molar-refractivity contribution is 5.85. The van der Waals surface area contributed by atoms with Crippen molar-refractivity contribution in [1.82, 2.24) is 26.1 Å². The van der Waals surface area contributed by atoms with Crippen molar-refractivity contribution in [3.63, 3.8) is 0 Å². The number of nitrogens with one attached hydrogen (secondary N) is 3. The van der Waals surface area contributed by atoms with E-state index in [1.165, 1.54) is 19.3 Å². The quantitative estimate of drug-likeness (QED) is 0.643. The molecule has 2 fully saturated rings. The summed E-state index contributed by atoms with van der Waals surface area (Å²) < 4.78 is 5.15. The Hall–Kier alpha value is -1.67. The van der Waals surface area contributed by atoms with E-state index in [1.54, 1.807) is 0 Å². The Labute approximate surface area is 159 Å². The fourth-order valence-corrected chi connectivity index (χ4v) is 3.46. The van der Waals surface area contributed by atoms with Gasteiger partial charge in [-0.3, -0.25) is 9.59 Å². The molecule has 3 N–H and O–H groups in total. The van der Waals surface area contributed by atoms with Gasteiger partial charge < -0.3 is 20.5 Å². The second-order valence-corrected chi connectivity index (χ2v) is 6.87. The van der Waals surface area contributed by atoms with Crippen LogP contribution < -0.4 is 16.0 Å². The van der Waals surface area contributed by atoms with Crippen LogP contribution in [0.1, 0.15) is 56.7 Å². The Bertz CT molecular complexity index is 583. The summed E-state index contributed by atoms with van der Waals surface area (Å²) >= 11 is 0. The lowest BCUT2D eigenvalue weighted by atomic mass is 9.95. The average Bonchev–Trinajstić information content (AvgIpc) is 3.27. The molecule has 1 atom stereocenters. The molecule has 1 saturated heterocycles. The van der Waals surface area contributed by atoms with Gasteiger partial charge in [-0.15, -0.1) is 12.4 Å². The van der Waals surface area contributed by atoms with Gasteiger partial charge in [0.25, 0.3) is 0 Å². The zero-order valence-corrected chi connectivity index (χ0v) is 15.8. The van der Waals surface area contributed by atoms with Crippen LogP contribution in [0, 0.1) is 0 Å². The van der Waals surface area contributed by atoms with E-state index in [4.69, 9.17) is 4.52 Å². The third-order valence-electron chi connectivity index (χ3n) is 4.81. The van der Waals surface area contributed by atoms with E-state index in [1.807, 2.05) is 0 Å². The van der Waals surface area contributed by atoms with Gasteiger partial charge >= 0.3 is 0 Å². The number of amides is 2. The van der Waals surface area contributed by atoms with Gasteiger partial charge in [-0.2, -0.15) is 4.98 Å². The summed E-state index contributed by atoms with van der Waals surface area (Å²) in [6, 6.07) is 0.203. The number of nitrogens with zero attached hydrogens (tertiary/aromatic N) is 2. The van der Waals surface area contributed by atoms with Gasteiger partial charge in [0.1, 0.15) is 0 Å². The smallest absolute Gasteiger partial charge is 0.237 e. The van der Waals surface area contributed by atoms with E-state index in [0.717, 1.165) is 32.2 Å². The summed E-state index contributed by atoms with van der Waals surface area (Å²) in [6.07, 6.45) is 8.25. The Balaban J connectivity index is 0.00000243. The highest BCUT2D eigenvalue weighted by atomic mass is 35.5. The molecule has 1 aliphatic carbocycles. The lowest BCUT2D eigenvalue weighted by Crippen LogP contribution is -2.41. The largest absolute Gasteiger partial charge is 0.354 e.